The van der Waals surface area contributed by atoms with Crippen molar-refractivity contribution in [2.24, 2.45) is 5.73 Å². The van der Waals surface area contributed by atoms with Crippen molar-refractivity contribution in [1.29, 1.82) is 0 Å². The standard InChI is InChI=1S/C19H26N2O/c1-15(2)21(13-16-7-5-4-6-8-16)14-19(20)17-9-11-18(22-3)12-10-17/h4-12,15,19H,13-14,20H2,1-3H3. The van der Waals surface area contributed by atoms with Crippen LogP contribution in [0.2, 0.25) is 0 Å². The zero-order valence-corrected chi connectivity index (χ0v) is 13.7. The highest BCUT2D eigenvalue weighted by atomic mass is 16.5. The summed E-state index contributed by atoms with van der Waals surface area (Å²) in [6.45, 7) is 6.18. The van der Waals surface area contributed by atoms with Crippen LogP contribution in [0.5, 0.6) is 5.75 Å². The van der Waals surface area contributed by atoms with E-state index in [1.807, 2.05) is 30.3 Å². The predicted octanol–water partition coefficient (Wildman–Crippen LogP) is 3.61. The minimum atomic E-state index is -0.00276. The molecule has 0 aliphatic rings. The van der Waals surface area contributed by atoms with Crippen molar-refractivity contribution >= 4 is 0 Å². The molecular formula is C19H26N2O. The second kappa shape index (κ2) is 7.97. The molecule has 2 aromatic carbocycles. The molecule has 3 nitrogen and oxygen atoms in total. The number of rotatable bonds is 7. The number of benzene rings is 2. The summed E-state index contributed by atoms with van der Waals surface area (Å²) in [5, 5.41) is 0. The van der Waals surface area contributed by atoms with Crippen molar-refractivity contribution in [1.82, 2.24) is 4.90 Å². The van der Waals surface area contributed by atoms with E-state index in [2.05, 4.69) is 43.0 Å². The molecule has 0 radical (unpaired) electrons. The summed E-state index contributed by atoms with van der Waals surface area (Å²) in [4.78, 5) is 2.41. The maximum Gasteiger partial charge on any atom is 0.118 e. The molecule has 0 saturated carbocycles. The second-order valence-electron chi connectivity index (χ2n) is 5.89. The lowest BCUT2D eigenvalue weighted by molar-refractivity contribution is 0.200. The normalized spacial score (nSPS) is 12.6. The van der Waals surface area contributed by atoms with E-state index >= 15 is 0 Å². The van der Waals surface area contributed by atoms with Gasteiger partial charge in [0.2, 0.25) is 0 Å². The smallest absolute Gasteiger partial charge is 0.118 e. The Balaban J connectivity index is 2.03. The third-order valence-corrected chi connectivity index (χ3v) is 3.93. The zero-order valence-electron chi connectivity index (χ0n) is 13.7. The fraction of sp³-hybridized carbons (Fsp3) is 0.368. The fourth-order valence-corrected chi connectivity index (χ4v) is 2.49. The molecule has 0 aliphatic carbocycles. The number of hydrogen-bond donors (Lipinski definition) is 1. The van der Waals surface area contributed by atoms with Crippen molar-refractivity contribution < 1.29 is 4.74 Å². The number of nitrogens with two attached hydrogens (primary N) is 1. The van der Waals surface area contributed by atoms with Gasteiger partial charge in [-0.15, -0.1) is 0 Å². The molecular weight excluding hydrogens is 272 g/mol. The van der Waals surface area contributed by atoms with Gasteiger partial charge < -0.3 is 10.5 Å². The molecule has 2 N–H and O–H groups in total. The average molecular weight is 298 g/mol. The van der Waals surface area contributed by atoms with Gasteiger partial charge in [0.1, 0.15) is 5.75 Å². The van der Waals surface area contributed by atoms with Crippen molar-refractivity contribution in [3.63, 3.8) is 0 Å². The van der Waals surface area contributed by atoms with Gasteiger partial charge in [0.25, 0.3) is 0 Å². The molecule has 22 heavy (non-hydrogen) atoms. The van der Waals surface area contributed by atoms with Crippen molar-refractivity contribution in [2.75, 3.05) is 13.7 Å². The molecule has 0 spiro atoms. The molecule has 0 aromatic heterocycles. The van der Waals surface area contributed by atoms with Crippen LogP contribution in [0, 0.1) is 0 Å². The van der Waals surface area contributed by atoms with Gasteiger partial charge in [-0.25, -0.2) is 0 Å². The summed E-state index contributed by atoms with van der Waals surface area (Å²) in [5.74, 6) is 0.862. The van der Waals surface area contributed by atoms with E-state index in [1.165, 1.54) is 5.56 Å². The van der Waals surface area contributed by atoms with Gasteiger partial charge in [0.15, 0.2) is 0 Å². The minimum absolute atomic E-state index is 0.00276. The number of hydrogen-bond acceptors (Lipinski definition) is 3. The Bertz CT molecular complexity index is 551. The topological polar surface area (TPSA) is 38.5 Å². The van der Waals surface area contributed by atoms with Gasteiger partial charge in [0.05, 0.1) is 7.11 Å². The Labute approximate surface area is 133 Å². The molecule has 0 bridgehead atoms. The summed E-state index contributed by atoms with van der Waals surface area (Å²) in [6.07, 6.45) is 0. The highest BCUT2D eigenvalue weighted by molar-refractivity contribution is 5.29. The molecule has 0 aliphatic heterocycles. The lowest BCUT2D eigenvalue weighted by atomic mass is 10.1. The van der Waals surface area contributed by atoms with Crippen LogP contribution in [0.15, 0.2) is 54.6 Å². The van der Waals surface area contributed by atoms with Crippen LogP contribution in [0.3, 0.4) is 0 Å². The molecule has 0 amide bonds. The maximum absolute atomic E-state index is 6.40. The van der Waals surface area contributed by atoms with E-state index in [1.54, 1.807) is 7.11 Å². The number of methoxy groups -OCH3 is 1. The van der Waals surface area contributed by atoms with Crippen LogP contribution in [0.4, 0.5) is 0 Å². The van der Waals surface area contributed by atoms with E-state index < -0.39 is 0 Å². The Kier molecular flexibility index (Phi) is 5.99. The van der Waals surface area contributed by atoms with Crippen molar-refractivity contribution in [3.05, 3.63) is 65.7 Å². The number of nitrogens with zero attached hydrogens (tertiary/aromatic N) is 1. The monoisotopic (exact) mass is 298 g/mol. The van der Waals surface area contributed by atoms with Gasteiger partial charge in [-0.1, -0.05) is 42.5 Å². The molecule has 0 heterocycles. The van der Waals surface area contributed by atoms with Gasteiger partial charge >= 0.3 is 0 Å². The third-order valence-electron chi connectivity index (χ3n) is 3.93. The van der Waals surface area contributed by atoms with E-state index in [4.69, 9.17) is 10.5 Å². The van der Waals surface area contributed by atoms with E-state index in [-0.39, 0.29) is 6.04 Å². The summed E-state index contributed by atoms with van der Waals surface area (Å²) >= 11 is 0. The molecule has 1 atom stereocenters. The molecule has 2 aromatic rings. The lowest BCUT2D eigenvalue weighted by Crippen LogP contribution is -2.36. The third kappa shape index (κ3) is 4.58. The van der Waals surface area contributed by atoms with Crippen LogP contribution in [0.1, 0.15) is 31.0 Å². The highest BCUT2D eigenvalue weighted by Gasteiger charge is 2.15. The predicted molar refractivity (Wildman–Crippen MR) is 91.9 cm³/mol. The largest absolute Gasteiger partial charge is 0.497 e. The van der Waals surface area contributed by atoms with E-state index in [0.29, 0.717) is 6.04 Å². The highest BCUT2D eigenvalue weighted by Crippen LogP contribution is 2.19. The molecule has 0 fully saturated rings. The summed E-state index contributed by atoms with van der Waals surface area (Å²) in [6, 6.07) is 19.0. The van der Waals surface area contributed by atoms with Gasteiger partial charge in [-0.3, -0.25) is 4.90 Å². The second-order valence-corrected chi connectivity index (χ2v) is 5.89. The molecule has 118 valence electrons. The molecule has 3 heteroatoms. The van der Waals surface area contributed by atoms with Crippen LogP contribution < -0.4 is 10.5 Å². The minimum Gasteiger partial charge on any atom is -0.497 e. The van der Waals surface area contributed by atoms with Gasteiger partial charge in [-0.05, 0) is 37.1 Å². The van der Waals surface area contributed by atoms with Crippen LogP contribution in [-0.4, -0.2) is 24.6 Å². The van der Waals surface area contributed by atoms with Crippen molar-refractivity contribution in [3.8, 4) is 5.75 Å². The van der Waals surface area contributed by atoms with Crippen LogP contribution in [-0.2, 0) is 6.54 Å². The fourth-order valence-electron chi connectivity index (χ4n) is 2.49. The summed E-state index contributed by atoms with van der Waals surface area (Å²) < 4.78 is 5.20. The van der Waals surface area contributed by atoms with Crippen LogP contribution in [0.25, 0.3) is 0 Å². The lowest BCUT2D eigenvalue weighted by Gasteiger charge is -2.29. The quantitative estimate of drug-likeness (QED) is 0.848. The Hall–Kier alpha value is -1.84. The average Bonchev–Trinajstić information content (AvgIpc) is 2.55. The first kappa shape index (κ1) is 16.5. The molecule has 2 rings (SSSR count). The number of ether oxygens (including phenoxy) is 1. The summed E-state index contributed by atoms with van der Waals surface area (Å²) in [7, 11) is 1.68. The Morgan fingerprint density at radius 3 is 2.18 bits per heavy atom. The Morgan fingerprint density at radius 2 is 1.64 bits per heavy atom. The zero-order chi connectivity index (χ0) is 15.9. The first-order valence-electron chi connectivity index (χ1n) is 7.77. The van der Waals surface area contributed by atoms with E-state index in [0.717, 1.165) is 24.4 Å². The SMILES string of the molecule is COc1ccc(C(N)CN(Cc2ccccc2)C(C)C)cc1. The first-order chi connectivity index (χ1) is 10.6. The first-order valence-corrected chi connectivity index (χ1v) is 7.77. The van der Waals surface area contributed by atoms with Gasteiger partial charge in [0, 0.05) is 25.2 Å². The van der Waals surface area contributed by atoms with Crippen LogP contribution >= 0.6 is 0 Å². The molecule has 0 saturated heterocycles. The van der Waals surface area contributed by atoms with Gasteiger partial charge in [-0.2, -0.15) is 0 Å². The van der Waals surface area contributed by atoms with E-state index in [9.17, 15) is 0 Å². The van der Waals surface area contributed by atoms with Crippen molar-refractivity contribution in [2.45, 2.75) is 32.5 Å². The molecule has 1 unspecified atom stereocenters. The maximum atomic E-state index is 6.40. The Morgan fingerprint density at radius 1 is 1.00 bits per heavy atom. The summed E-state index contributed by atoms with van der Waals surface area (Å²) in [5.41, 5.74) is 8.85.